The van der Waals surface area contributed by atoms with Gasteiger partial charge in [-0.2, -0.15) is 16.5 Å². The van der Waals surface area contributed by atoms with Gasteiger partial charge in [0.2, 0.25) is 15.9 Å². The lowest BCUT2D eigenvalue weighted by Gasteiger charge is -2.17. The van der Waals surface area contributed by atoms with Crippen molar-refractivity contribution < 1.29 is 17.6 Å². The van der Waals surface area contributed by atoms with Gasteiger partial charge in [0.1, 0.15) is 16.8 Å². The minimum Gasteiger partial charge on any atom is -0.344 e. The first-order valence-electron chi connectivity index (χ1n) is 6.39. The molecule has 0 bridgehead atoms. The molecule has 120 valence electrons. The number of benzene rings is 1. The number of nitrogens with one attached hydrogen (secondary N) is 2. The third-order valence-electron chi connectivity index (χ3n) is 2.72. The Hall–Kier alpha value is -1.56. The topological polar surface area (TPSA) is 75.3 Å². The molecule has 0 aliphatic carbocycles. The Kier molecular flexibility index (Phi) is 7.38. The monoisotopic (exact) mass is 344 g/mol. The zero-order chi connectivity index (χ0) is 16.6. The van der Waals surface area contributed by atoms with Gasteiger partial charge in [-0.25, -0.2) is 12.8 Å². The number of hydrogen-bond acceptors (Lipinski definition) is 4. The van der Waals surface area contributed by atoms with E-state index in [1.165, 1.54) is 23.9 Å². The molecule has 0 heterocycles. The lowest BCUT2D eigenvalue weighted by atomic mass is 10.2. The van der Waals surface area contributed by atoms with Crippen molar-refractivity contribution >= 4 is 27.7 Å². The lowest BCUT2D eigenvalue weighted by Crippen LogP contribution is -2.47. The molecule has 0 saturated carbocycles. The van der Waals surface area contributed by atoms with Crippen molar-refractivity contribution in [2.75, 3.05) is 18.6 Å². The van der Waals surface area contributed by atoms with Crippen molar-refractivity contribution in [1.82, 2.24) is 10.0 Å². The van der Waals surface area contributed by atoms with Crippen molar-refractivity contribution in [3.8, 4) is 12.3 Å². The van der Waals surface area contributed by atoms with E-state index < -0.39 is 32.7 Å². The summed E-state index contributed by atoms with van der Waals surface area (Å²) in [7, 11) is -4.14. The number of halogens is 1. The van der Waals surface area contributed by atoms with Gasteiger partial charge < -0.3 is 5.32 Å². The van der Waals surface area contributed by atoms with Crippen LogP contribution in [0.2, 0.25) is 0 Å². The van der Waals surface area contributed by atoms with Crippen molar-refractivity contribution in [3.63, 3.8) is 0 Å². The maximum absolute atomic E-state index is 13.6. The smallest absolute Gasteiger partial charge is 0.244 e. The average molecular weight is 344 g/mol. The Balaban J connectivity index is 2.95. The van der Waals surface area contributed by atoms with Gasteiger partial charge in [0.15, 0.2) is 0 Å². The molecule has 0 saturated heterocycles. The highest BCUT2D eigenvalue weighted by atomic mass is 32.2. The van der Waals surface area contributed by atoms with Crippen LogP contribution in [-0.2, 0) is 14.8 Å². The molecule has 1 aromatic carbocycles. The molecule has 5 nitrogen and oxygen atoms in total. The van der Waals surface area contributed by atoms with Crippen LogP contribution in [-0.4, -0.2) is 38.9 Å². The third-order valence-corrected chi connectivity index (χ3v) is 4.86. The van der Waals surface area contributed by atoms with Crippen molar-refractivity contribution in [1.29, 1.82) is 0 Å². The predicted molar refractivity (Wildman–Crippen MR) is 85.4 cm³/mol. The Morgan fingerprint density at radius 1 is 1.45 bits per heavy atom. The lowest BCUT2D eigenvalue weighted by molar-refractivity contribution is -0.122. The van der Waals surface area contributed by atoms with Crippen LogP contribution >= 0.6 is 11.8 Å². The minimum atomic E-state index is -4.14. The summed E-state index contributed by atoms with van der Waals surface area (Å²) < 4.78 is 40.3. The van der Waals surface area contributed by atoms with E-state index in [9.17, 15) is 17.6 Å². The van der Waals surface area contributed by atoms with E-state index in [4.69, 9.17) is 6.42 Å². The molecular weight excluding hydrogens is 327 g/mol. The van der Waals surface area contributed by atoms with E-state index in [2.05, 4.69) is 16.0 Å². The van der Waals surface area contributed by atoms with E-state index in [-0.39, 0.29) is 13.0 Å². The van der Waals surface area contributed by atoms with Crippen LogP contribution in [0, 0.1) is 18.2 Å². The quantitative estimate of drug-likeness (QED) is 0.689. The number of hydrogen-bond donors (Lipinski definition) is 2. The standard InChI is InChI=1S/C14H17FN2O3S2/c1-3-9-16-14(18)12(8-10-21-2)17-22(19,20)13-7-5-4-6-11(13)15/h1,4-7,12,17H,8-10H2,2H3,(H,16,18). The van der Waals surface area contributed by atoms with Crippen LogP contribution in [0.4, 0.5) is 4.39 Å². The summed E-state index contributed by atoms with van der Waals surface area (Å²) in [6.07, 6.45) is 7.16. The van der Waals surface area contributed by atoms with Crippen molar-refractivity contribution in [3.05, 3.63) is 30.1 Å². The van der Waals surface area contributed by atoms with Crippen molar-refractivity contribution in [2.24, 2.45) is 0 Å². The fraction of sp³-hybridized carbons (Fsp3) is 0.357. The van der Waals surface area contributed by atoms with Gasteiger partial charge in [-0.15, -0.1) is 6.42 Å². The molecule has 1 amide bonds. The molecular formula is C14H17FN2O3S2. The van der Waals surface area contributed by atoms with Gasteiger partial charge in [0.05, 0.1) is 6.54 Å². The fourth-order valence-electron chi connectivity index (χ4n) is 1.65. The minimum absolute atomic E-state index is 0.00394. The van der Waals surface area contributed by atoms with Crippen LogP contribution < -0.4 is 10.0 Å². The summed E-state index contributed by atoms with van der Waals surface area (Å²) in [4.78, 5) is 11.5. The molecule has 22 heavy (non-hydrogen) atoms. The second-order valence-electron chi connectivity index (χ2n) is 4.31. The molecule has 0 radical (unpaired) electrons. The van der Waals surface area contributed by atoms with E-state index in [1.54, 1.807) is 0 Å². The number of carbonyl (C=O) groups is 1. The zero-order valence-electron chi connectivity index (χ0n) is 12.0. The van der Waals surface area contributed by atoms with Gasteiger partial charge in [0, 0.05) is 0 Å². The van der Waals surface area contributed by atoms with E-state index >= 15 is 0 Å². The van der Waals surface area contributed by atoms with Gasteiger partial charge >= 0.3 is 0 Å². The van der Waals surface area contributed by atoms with Crippen LogP contribution in [0.5, 0.6) is 0 Å². The number of amides is 1. The number of terminal acetylenes is 1. The van der Waals surface area contributed by atoms with Crippen molar-refractivity contribution in [2.45, 2.75) is 17.4 Å². The Labute approximate surface area is 134 Å². The highest BCUT2D eigenvalue weighted by molar-refractivity contribution is 7.98. The first-order valence-corrected chi connectivity index (χ1v) is 9.27. The maximum atomic E-state index is 13.6. The molecule has 0 aliphatic rings. The normalized spacial score (nSPS) is 12.4. The first-order chi connectivity index (χ1) is 10.4. The van der Waals surface area contributed by atoms with Gasteiger partial charge in [-0.1, -0.05) is 18.1 Å². The number of sulfonamides is 1. The highest BCUT2D eigenvalue weighted by Crippen LogP contribution is 2.14. The first kappa shape index (κ1) is 18.5. The summed E-state index contributed by atoms with van der Waals surface area (Å²) in [5.74, 6) is 1.39. The number of rotatable bonds is 8. The molecule has 0 spiro atoms. The summed E-state index contributed by atoms with van der Waals surface area (Å²) >= 11 is 1.47. The van der Waals surface area contributed by atoms with E-state index in [0.29, 0.717) is 5.75 Å². The summed E-state index contributed by atoms with van der Waals surface area (Å²) in [6, 6.07) is 3.98. The molecule has 0 aromatic heterocycles. The largest absolute Gasteiger partial charge is 0.344 e. The summed E-state index contributed by atoms with van der Waals surface area (Å²) in [6.45, 7) is -0.00394. The van der Waals surface area contributed by atoms with Crippen LogP contribution in [0.25, 0.3) is 0 Å². The summed E-state index contributed by atoms with van der Waals surface area (Å²) in [5.41, 5.74) is 0. The molecule has 1 rings (SSSR count). The molecule has 1 atom stereocenters. The zero-order valence-corrected chi connectivity index (χ0v) is 13.6. The molecule has 1 aromatic rings. The molecule has 1 unspecified atom stereocenters. The molecule has 0 fully saturated rings. The fourth-order valence-corrected chi connectivity index (χ4v) is 3.43. The van der Waals surface area contributed by atoms with Gasteiger partial charge in [-0.05, 0) is 30.6 Å². The highest BCUT2D eigenvalue weighted by Gasteiger charge is 2.26. The van der Waals surface area contributed by atoms with Crippen LogP contribution in [0.3, 0.4) is 0 Å². The SMILES string of the molecule is C#CCNC(=O)C(CCSC)NS(=O)(=O)c1ccccc1F. The average Bonchev–Trinajstić information content (AvgIpc) is 2.49. The Bertz CT molecular complexity index is 656. The third kappa shape index (κ3) is 5.33. The van der Waals surface area contributed by atoms with E-state index in [0.717, 1.165) is 12.1 Å². The Morgan fingerprint density at radius 2 is 2.14 bits per heavy atom. The van der Waals surface area contributed by atoms with Gasteiger partial charge in [0.25, 0.3) is 0 Å². The molecule has 2 N–H and O–H groups in total. The molecule has 8 heteroatoms. The number of thioether (sulfide) groups is 1. The van der Waals surface area contributed by atoms with Crippen LogP contribution in [0.15, 0.2) is 29.2 Å². The second-order valence-corrected chi connectivity index (χ2v) is 6.98. The maximum Gasteiger partial charge on any atom is 0.244 e. The second kappa shape index (κ2) is 8.78. The van der Waals surface area contributed by atoms with Gasteiger partial charge in [-0.3, -0.25) is 4.79 Å². The van der Waals surface area contributed by atoms with Crippen LogP contribution in [0.1, 0.15) is 6.42 Å². The Morgan fingerprint density at radius 3 is 2.73 bits per heavy atom. The number of carbonyl (C=O) groups excluding carboxylic acids is 1. The predicted octanol–water partition coefficient (Wildman–Crippen LogP) is 0.975. The molecule has 0 aliphatic heterocycles. The summed E-state index contributed by atoms with van der Waals surface area (Å²) in [5, 5.41) is 2.42. The van der Waals surface area contributed by atoms with E-state index in [1.807, 2.05) is 6.26 Å².